The predicted octanol–water partition coefficient (Wildman–Crippen LogP) is 3.30. The molecule has 1 aromatic carbocycles. The van der Waals surface area contributed by atoms with Crippen LogP contribution in [0.15, 0.2) is 28.7 Å². The van der Waals surface area contributed by atoms with Gasteiger partial charge in [-0.3, -0.25) is 4.79 Å². The van der Waals surface area contributed by atoms with Crippen LogP contribution in [0.4, 0.5) is 10.1 Å². The second-order valence-electron chi connectivity index (χ2n) is 8.97. The number of methoxy groups -OCH3 is 1. The highest BCUT2D eigenvalue weighted by Gasteiger charge is 2.35. The Morgan fingerprint density at radius 3 is 2.68 bits per heavy atom. The number of pyridine rings is 1. The van der Waals surface area contributed by atoms with Gasteiger partial charge in [-0.15, -0.1) is 0 Å². The van der Waals surface area contributed by atoms with Gasteiger partial charge in [-0.1, -0.05) is 25.5 Å². The van der Waals surface area contributed by atoms with Crippen LogP contribution in [0.5, 0.6) is 5.75 Å². The van der Waals surface area contributed by atoms with Gasteiger partial charge in [0.25, 0.3) is 0 Å². The zero-order valence-electron chi connectivity index (χ0n) is 18.1. The van der Waals surface area contributed by atoms with Crippen LogP contribution in [0.1, 0.15) is 49.5 Å². The van der Waals surface area contributed by atoms with Crippen LogP contribution in [0.3, 0.4) is 0 Å². The van der Waals surface area contributed by atoms with E-state index in [2.05, 4.69) is 13.8 Å². The van der Waals surface area contributed by atoms with Crippen molar-refractivity contribution in [2.45, 2.75) is 39.2 Å². The van der Waals surface area contributed by atoms with Gasteiger partial charge in [0, 0.05) is 37.3 Å². The largest absolute Gasteiger partial charge is 0.492 e. The molecular weight excluding hydrogens is 401 g/mol. The number of anilines is 1. The Bertz CT molecular complexity index is 1150. The molecule has 3 N–H and O–H groups in total. The standard InChI is InChI=1S/C23H28FN3O4/c1-23(2)12-26(9-7-13(23)6-8-25)19-17(24)10-15-18(21(19)31-3)27(14-4-5-14)11-16(20(15)28)22(29)30/h6,10-11,14H,4-5,7-9,12,25H2,1-3H3,(H,29,30)/b13-6+. The molecule has 8 heteroatoms. The van der Waals surface area contributed by atoms with Crippen molar-refractivity contribution in [2.24, 2.45) is 11.1 Å². The van der Waals surface area contributed by atoms with E-state index < -0.39 is 17.2 Å². The molecule has 7 nitrogen and oxygen atoms in total. The summed E-state index contributed by atoms with van der Waals surface area (Å²) >= 11 is 0. The maximum Gasteiger partial charge on any atom is 0.341 e. The monoisotopic (exact) mass is 429 g/mol. The summed E-state index contributed by atoms with van der Waals surface area (Å²) in [6.45, 7) is 5.83. The third kappa shape index (κ3) is 3.59. The number of aromatic carboxylic acids is 1. The van der Waals surface area contributed by atoms with E-state index in [1.165, 1.54) is 24.9 Å². The lowest BCUT2D eigenvalue weighted by Gasteiger charge is -2.42. The lowest BCUT2D eigenvalue weighted by molar-refractivity contribution is 0.0695. The molecular formula is C23H28FN3O4. The van der Waals surface area contributed by atoms with E-state index >= 15 is 4.39 Å². The average Bonchev–Trinajstić information content (AvgIpc) is 3.54. The van der Waals surface area contributed by atoms with Crippen LogP contribution in [0.25, 0.3) is 10.9 Å². The molecule has 0 unspecified atom stereocenters. The first-order valence-electron chi connectivity index (χ1n) is 10.5. The smallest absolute Gasteiger partial charge is 0.341 e. The molecule has 0 atom stereocenters. The maximum atomic E-state index is 15.5. The van der Waals surface area contributed by atoms with Gasteiger partial charge in [0.2, 0.25) is 5.43 Å². The molecule has 2 aromatic rings. The molecule has 1 aliphatic heterocycles. The summed E-state index contributed by atoms with van der Waals surface area (Å²) in [6.07, 6.45) is 5.90. The Balaban J connectivity index is 1.94. The minimum absolute atomic E-state index is 0.0323. The molecule has 1 aromatic heterocycles. The van der Waals surface area contributed by atoms with E-state index in [1.807, 2.05) is 11.0 Å². The molecule has 2 fully saturated rings. The highest BCUT2D eigenvalue weighted by atomic mass is 19.1. The van der Waals surface area contributed by atoms with Crippen molar-refractivity contribution in [3.8, 4) is 5.75 Å². The van der Waals surface area contributed by atoms with Gasteiger partial charge < -0.3 is 25.0 Å². The zero-order valence-corrected chi connectivity index (χ0v) is 18.1. The number of hydrogen-bond donors (Lipinski definition) is 2. The number of nitrogens with zero attached hydrogens (tertiary/aromatic N) is 2. The van der Waals surface area contributed by atoms with E-state index in [0.717, 1.165) is 19.3 Å². The minimum atomic E-state index is -1.32. The summed E-state index contributed by atoms with van der Waals surface area (Å²) in [7, 11) is 1.46. The number of aromatic nitrogens is 1. The van der Waals surface area contributed by atoms with Gasteiger partial charge in [0.1, 0.15) is 11.3 Å². The number of ether oxygens (including phenoxy) is 1. The van der Waals surface area contributed by atoms with Crippen molar-refractivity contribution in [3.05, 3.63) is 45.5 Å². The lowest BCUT2D eigenvalue weighted by atomic mass is 9.78. The molecule has 0 spiro atoms. The van der Waals surface area contributed by atoms with Crippen molar-refractivity contribution < 1.29 is 19.0 Å². The van der Waals surface area contributed by atoms with E-state index in [4.69, 9.17) is 10.5 Å². The molecule has 0 bridgehead atoms. The van der Waals surface area contributed by atoms with Crippen LogP contribution >= 0.6 is 0 Å². The first-order valence-corrected chi connectivity index (χ1v) is 10.5. The highest BCUT2D eigenvalue weighted by Crippen LogP contribution is 2.46. The quantitative estimate of drug-likeness (QED) is 0.708. The van der Waals surface area contributed by atoms with E-state index in [9.17, 15) is 14.7 Å². The fourth-order valence-electron chi connectivity index (χ4n) is 4.69. The molecule has 31 heavy (non-hydrogen) atoms. The Morgan fingerprint density at radius 2 is 2.13 bits per heavy atom. The van der Waals surface area contributed by atoms with Crippen molar-refractivity contribution >= 4 is 22.6 Å². The number of rotatable bonds is 5. The maximum absolute atomic E-state index is 15.5. The fraction of sp³-hybridized carbons (Fsp3) is 0.478. The number of fused-ring (bicyclic) bond motifs is 1. The zero-order chi connectivity index (χ0) is 22.5. The molecule has 1 aliphatic carbocycles. The summed E-state index contributed by atoms with van der Waals surface area (Å²) in [5.41, 5.74) is 6.47. The summed E-state index contributed by atoms with van der Waals surface area (Å²) in [6, 6.07) is 1.24. The summed E-state index contributed by atoms with van der Waals surface area (Å²) < 4.78 is 22.9. The van der Waals surface area contributed by atoms with Crippen molar-refractivity contribution in [2.75, 3.05) is 31.6 Å². The van der Waals surface area contributed by atoms with Crippen molar-refractivity contribution in [1.29, 1.82) is 0 Å². The number of carboxylic acid groups (broad SMARTS) is 1. The van der Waals surface area contributed by atoms with E-state index in [1.54, 1.807) is 4.57 Å². The SMILES string of the molecule is COc1c(N2CC/C(=C\CN)C(C)(C)C2)c(F)cc2c(=O)c(C(=O)O)cn(C3CC3)c12. The minimum Gasteiger partial charge on any atom is -0.492 e. The summed E-state index contributed by atoms with van der Waals surface area (Å²) in [4.78, 5) is 26.4. The van der Waals surface area contributed by atoms with Gasteiger partial charge in [0.15, 0.2) is 11.6 Å². The Hall–Kier alpha value is -2.87. The van der Waals surface area contributed by atoms with Gasteiger partial charge in [-0.25, -0.2) is 9.18 Å². The summed E-state index contributed by atoms with van der Waals surface area (Å²) in [5.74, 6) is -1.63. The van der Waals surface area contributed by atoms with Gasteiger partial charge in [-0.2, -0.15) is 0 Å². The Morgan fingerprint density at radius 1 is 1.42 bits per heavy atom. The fourth-order valence-corrected chi connectivity index (χ4v) is 4.69. The normalized spacial score (nSPS) is 19.8. The summed E-state index contributed by atoms with van der Waals surface area (Å²) in [5, 5.41) is 9.50. The second kappa shape index (κ2) is 7.67. The number of halogens is 1. The second-order valence-corrected chi connectivity index (χ2v) is 8.97. The molecule has 166 valence electrons. The first kappa shape index (κ1) is 21.4. The third-order valence-electron chi connectivity index (χ3n) is 6.36. The number of carboxylic acids is 1. The van der Waals surface area contributed by atoms with Gasteiger partial charge in [-0.05, 0) is 25.3 Å². The molecule has 0 radical (unpaired) electrons. The number of nitrogens with two attached hydrogens (primary N) is 1. The number of hydrogen-bond acceptors (Lipinski definition) is 5. The average molecular weight is 429 g/mol. The van der Waals surface area contributed by atoms with Crippen LogP contribution in [0, 0.1) is 11.2 Å². The Kier molecular flexibility index (Phi) is 5.29. The first-order chi connectivity index (χ1) is 14.7. The van der Waals surface area contributed by atoms with Crippen LogP contribution in [0.2, 0.25) is 0 Å². The molecule has 2 heterocycles. The van der Waals surface area contributed by atoms with Crippen LogP contribution in [-0.4, -0.2) is 42.4 Å². The molecule has 2 aliphatic rings. The van der Waals surface area contributed by atoms with Gasteiger partial charge in [0.05, 0.1) is 18.0 Å². The molecule has 1 saturated heterocycles. The molecule has 0 amide bonds. The Labute approximate surface area is 179 Å². The van der Waals surface area contributed by atoms with Crippen molar-refractivity contribution in [3.63, 3.8) is 0 Å². The highest BCUT2D eigenvalue weighted by molar-refractivity contribution is 5.97. The predicted molar refractivity (Wildman–Crippen MR) is 118 cm³/mol. The van der Waals surface area contributed by atoms with Crippen LogP contribution < -0.4 is 20.8 Å². The number of benzene rings is 1. The van der Waals surface area contributed by atoms with Crippen molar-refractivity contribution in [1.82, 2.24) is 4.57 Å². The lowest BCUT2D eigenvalue weighted by Crippen LogP contribution is -2.42. The number of piperidine rings is 1. The molecule has 1 saturated carbocycles. The van der Waals surface area contributed by atoms with Gasteiger partial charge >= 0.3 is 5.97 Å². The third-order valence-corrected chi connectivity index (χ3v) is 6.36. The number of carbonyl (C=O) groups is 1. The van der Waals surface area contributed by atoms with Crippen LogP contribution in [-0.2, 0) is 0 Å². The van der Waals surface area contributed by atoms with E-state index in [0.29, 0.717) is 30.8 Å². The van der Waals surface area contributed by atoms with E-state index in [-0.39, 0.29) is 28.2 Å². The topological polar surface area (TPSA) is 97.8 Å². The molecule has 4 rings (SSSR count).